The summed E-state index contributed by atoms with van der Waals surface area (Å²) in [6, 6.07) is 6.26. The van der Waals surface area contributed by atoms with E-state index in [-0.39, 0.29) is 17.7 Å². The van der Waals surface area contributed by atoms with Gasteiger partial charge in [0, 0.05) is 12.6 Å². The highest BCUT2D eigenvalue weighted by Crippen LogP contribution is 2.24. The number of carbonyl (C=O) groups excluding carboxylic acids is 1. The van der Waals surface area contributed by atoms with Crippen molar-refractivity contribution < 1.29 is 13.9 Å². The molecule has 1 aliphatic rings. The molecule has 1 aromatic rings. The molecule has 3 unspecified atom stereocenters. The molecule has 1 aromatic carbocycles. The Balaban J connectivity index is 2.01. The first-order chi connectivity index (χ1) is 9.52. The van der Waals surface area contributed by atoms with E-state index in [9.17, 15) is 9.18 Å². The van der Waals surface area contributed by atoms with Crippen molar-refractivity contribution >= 4 is 5.91 Å². The Bertz CT molecular complexity index is 481. The average Bonchev–Trinajstić information content (AvgIpc) is 2.81. The van der Waals surface area contributed by atoms with Crippen LogP contribution in [0.2, 0.25) is 0 Å². The van der Waals surface area contributed by atoms with E-state index in [4.69, 9.17) is 10.5 Å². The molecule has 2 rings (SSSR count). The van der Waals surface area contributed by atoms with Crippen molar-refractivity contribution in [1.29, 1.82) is 0 Å². The highest BCUT2D eigenvalue weighted by molar-refractivity contribution is 5.81. The van der Waals surface area contributed by atoms with Gasteiger partial charge in [0.15, 0.2) is 17.7 Å². The predicted molar refractivity (Wildman–Crippen MR) is 74.8 cm³/mol. The fourth-order valence-electron chi connectivity index (χ4n) is 2.63. The topological polar surface area (TPSA) is 55.6 Å². The summed E-state index contributed by atoms with van der Waals surface area (Å²) in [5.74, 6) is -0.122. The highest BCUT2D eigenvalue weighted by atomic mass is 19.1. The zero-order valence-electron chi connectivity index (χ0n) is 11.9. The van der Waals surface area contributed by atoms with E-state index < -0.39 is 11.9 Å². The van der Waals surface area contributed by atoms with E-state index in [1.165, 1.54) is 12.1 Å². The van der Waals surface area contributed by atoms with Crippen molar-refractivity contribution in [3.63, 3.8) is 0 Å². The summed E-state index contributed by atoms with van der Waals surface area (Å²) in [5, 5.41) is 0. The van der Waals surface area contributed by atoms with Crippen LogP contribution in [-0.4, -0.2) is 36.0 Å². The minimum absolute atomic E-state index is 0.107. The molecule has 1 fully saturated rings. The number of halogens is 1. The van der Waals surface area contributed by atoms with E-state index in [0.29, 0.717) is 19.0 Å². The molecule has 0 aromatic heterocycles. The maximum Gasteiger partial charge on any atom is 0.263 e. The van der Waals surface area contributed by atoms with Crippen molar-refractivity contribution in [2.75, 3.05) is 13.1 Å². The Kier molecular flexibility index (Phi) is 4.60. The van der Waals surface area contributed by atoms with Crippen LogP contribution in [0.25, 0.3) is 0 Å². The maximum atomic E-state index is 13.5. The maximum absolute atomic E-state index is 13.5. The normalized spacial score (nSPS) is 23.7. The molecular formula is C15H21FN2O2. The molecule has 3 atom stereocenters. The number of hydrogen-bond donors (Lipinski definition) is 1. The van der Waals surface area contributed by atoms with Gasteiger partial charge >= 0.3 is 0 Å². The number of carbonyl (C=O) groups is 1. The van der Waals surface area contributed by atoms with Crippen LogP contribution in [-0.2, 0) is 4.79 Å². The monoisotopic (exact) mass is 280 g/mol. The quantitative estimate of drug-likeness (QED) is 0.915. The number of ether oxygens (including phenoxy) is 1. The third-order valence-electron chi connectivity index (χ3n) is 3.77. The van der Waals surface area contributed by atoms with Gasteiger partial charge in [-0.05, 0) is 44.9 Å². The molecule has 1 heterocycles. The first-order valence-corrected chi connectivity index (χ1v) is 6.94. The standard InChI is InChI=1S/C15H21FN2O2/c1-10-7-12(8-17)9-18(10)15(19)11(2)20-14-6-4-3-5-13(14)16/h3-6,10-12H,7-9,17H2,1-2H3. The fourth-order valence-corrected chi connectivity index (χ4v) is 2.63. The Morgan fingerprint density at radius 1 is 1.55 bits per heavy atom. The number of benzene rings is 1. The van der Waals surface area contributed by atoms with Gasteiger partial charge in [-0.15, -0.1) is 0 Å². The molecule has 1 aliphatic heterocycles. The first kappa shape index (κ1) is 14.8. The van der Waals surface area contributed by atoms with Gasteiger partial charge in [-0.1, -0.05) is 12.1 Å². The summed E-state index contributed by atoms with van der Waals surface area (Å²) < 4.78 is 19.0. The molecule has 0 saturated carbocycles. The SMILES string of the molecule is CC(Oc1ccccc1F)C(=O)N1CC(CN)CC1C. The van der Waals surface area contributed by atoms with E-state index in [1.54, 1.807) is 24.0 Å². The number of para-hydroxylation sites is 1. The Hall–Kier alpha value is -1.62. The lowest BCUT2D eigenvalue weighted by molar-refractivity contribution is -0.138. The fraction of sp³-hybridized carbons (Fsp3) is 0.533. The summed E-state index contributed by atoms with van der Waals surface area (Å²) in [4.78, 5) is 14.2. The van der Waals surface area contributed by atoms with Crippen LogP contribution in [0, 0.1) is 11.7 Å². The van der Waals surface area contributed by atoms with E-state index in [2.05, 4.69) is 0 Å². The molecular weight excluding hydrogens is 259 g/mol. The van der Waals surface area contributed by atoms with Gasteiger partial charge in [-0.3, -0.25) is 4.79 Å². The number of likely N-dealkylation sites (tertiary alicyclic amines) is 1. The summed E-state index contributed by atoms with van der Waals surface area (Å²) >= 11 is 0. The van der Waals surface area contributed by atoms with Crippen LogP contribution in [0.3, 0.4) is 0 Å². The van der Waals surface area contributed by atoms with Gasteiger partial charge in [0.25, 0.3) is 5.91 Å². The lowest BCUT2D eigenvalue weighted by Gasteiger charge is -2.25. The van der Waals surface area contributed by atoms with Crippen molar-refractivity contribution in [2.24, 2.45) is 11.7 Å². The van der Waals surface area contributed by atoms with E-state index >= 15 is 0 Å². The molecule has 0 spiro atoms. The van der Waals surface area contributed by atoms with Crippen LogP contribution >= 0.6 is 0 Å². The van der Waals surface area contributed by atoms with Crippen LogP contribution in [0.1, 0.15) is 20.3 Å². The summed E-state index contributed by atoms with van der Waals surface area (Å²) in [7, 11) is 0. The zero-order valence-corrected chi connectivity index (χ0v) is 11.9. The minimum Gasteiger partial charge on any atom is -0.478 e. The van der Waals surface area contributed by atoms with Crippen LogP contribution < -0.4 is 10.5 Å². The molecule has 110 valence electrons. The Morgan fingerprint density at radius 2 is 2.25 bits per heavy atom. The second-order valence-electron chi connectivity index (χ2n) is 5.37. The van der Waals surface area contributed by atoms with Crippen LogP contribution in [0.4, 0.5) is 4.39 Å². The molecule has 5 heteroatoms. The number of amides is 1. The smallest absolute Gasteiger partial charge is 0.263 e. The second-order valence-corrected chi connectivity index (χ2v) is 5.37. The number of rotatable bonds is 4. The minimum atomic E-state index is -0.703. The largest absolute Gasteiger partial charge is 0.478 e. The van der Waals surface area contributed by atoms with Crippen molar-refractivity contribution in [2.45, 2.75) is 32.4 Å². The van der Waals surface area contributed by atoms with Crippen LogP contribution in [0.5, 0.6) is 5.75 Å². The predicted octanol–water partition coefficient (Wildman–Crippen LogP) is 1.79. The molecule has 2 N–H and O–H groups in total. The molecule has 1 saturated heterocycles. The first-order valence-electron chi connectivity index (χ1n) is 6.94. The number of nitrogens with two attached hydrogens (primary N) is 1. The number of hydrogen-bond acceptors (Lipinski definition) is 3. The van der Waals surface area contributed by atoms with Crippen molar-refractivity contribution in [1.82, 2.24) is 4.90 Å². The van der Waals surface area contributed by atoms with Gasteiger partial charge < -0.3 is 15.4 Å². The molecule has 20 heavy (non-hydrogen) atoms. The Labute approximate surface area is 118 Å². The van der Waals surface area contributed by atoms with Gasteiger partial charge in [0.05, 0.1) is 0 Å². The van der Waals surface area contributed by atoms with Gasteiger partial charge in [-0.2, -0.15) is 0 Å². The molecule has 0 radical (unpaired) electrons. The van der Waals surface area contributed by atoms with Crippen molar-refractivity contribution in [3.8, 4) is 5.75 Å². The highest BCUT2D eigenvalue weighted by Gasteiger charge is 2.34. The van der Waals surface area contributed by atoms with E-state index in [0.717, 1.165) is 6.42 Å². The van der Waals surface area contributed by atoms with E-state index in [1.807, 2.05) is 6.92 Å². The van der Waals surface area contributed by atoms with Crippen LogP contribution in [0.15, 0.2) is 24.3 Å². The molecule has 1 amide bonds. The molecule has 0 aliphatic carbocycles. The van der Waals surface area contributed by atoms with Gasteiger partial charge in [-0.25, -0.2) is 4.39 Å². The third-order valence-corrected chi connectivity index (χ3v) is 3.77. The summed E-state index contributed by atoms with van der Waals surface area (Å²) in [6.45, 7) is 4.89. The Morgan fingerprint density at radius 3 is 2.85 bits per heavy atom. The summed E-state index contributed by atoms with van der Waals surface area (Å²) in [5.41, 5.74) is 5.66. The molecule has 4 nitrogen and oxygen atoms in total. The summed E-state index contributed by atoms with van der Waals surface area (Å²) in [6.07, 6.45) is 0.208. The molecule has 0 bridgehead atoms. The van der Waals surface area contributed by atoms with Gasteiger partial charge in [0.2, 0.25) is 0 Å². The second kappa shape index (κ2) is 6.22. The van der Waals surface area contributed by atoms with Gasteiger partial charge in [0.1, 0.15) is 0 Å². The zero-order chi connectivity index (χ0) is 14.7. The lowest BCUT2D eigenvalue weighted by Crippen LogP contribution is -2.42. The third kappa shape index (κ3) is 3.10. The lowest BCUT2D eigenvalue weighted by atomic mass is 10.1. The average molecular weight is 280 g/mol. The van der Waals surface area contributed by atoms with Crippen molar-refractivity contribution in [3.05, 3.63) is 30.1 Å². The number of nitrogens with zero attached hydrogens (tertiary/aromatic N) is 1.